The van der Waals surface area contributed by atoms with Crippen molar-refractivity contribution < 1.29 is 19.0 Å². The number of anilines is 1. The fourth-order valence-electron chi connectivity index (χ4n) is 2.12. The second-order valence-corrected chi connectivity index (χ2v) is 5.90. The van der Waals surface area contributed by atoms with Crippen LogP contribution in [0.4, 0.5) is 5.13 Å². The average molecular weight is 352 g/mol. The molecule has 3 N–H and O–H groups in total. The Kier molecular flexibility index (Phi) is 6.19. The Hall–Kier alpha value is -2.55. The molecular weight excluding hydrogens is 332 g/mol. The van der Waals surface area contributed by atoms with Gasteiger partial charge in [0.25, 0.3) is 5.91 Å². The molecule has 2 rings (SSSR count). The van der Waals surface area contributed by atoms with Gasteiger partial charge >= 0.3 is 0 Å². The molecule has 1 amide bonds. The van der Waals surface area contributed by atoms with Gasteiger partial charge in [-0.2, -0.15) is 0 Å². The predicted molar refractivity (Wildman–Crippen MR) is 91.1 cm³/mol. The second-order valence-electron chi connectivity index (χ2n) is 4.81. The summed E-state index contributed by atoms with van der Waals surface area (Å²) in [5.41, 5.74) is 5.96. The van der Waals surface area contributed by atoms with E-state index in [0.717, 1.165) is 11.4 Å². The van der Waals surface area contributed by atoms with Gasteiger partial charge in [0.2, 0.25) is 10.9 Å². The lowest BCUT2D eigenvalue weighted by atomic mass is 10.1. The Morgan fingerprint density at radius 3 is 2.33 bits per heavy atom. The van der Waals surface area contributed by atoms with E-state index in [4.69, 9.17) is 19.9 Å². The zero-order chi connectivity index (χ0) is 17.5. The first-order chi connectivity index (χ1) is 11.6. The van der Waals surface area contributed by atoms with Crippen LogP contribution < -0.4 is 25.3 Å². The largest absolute Gasteiger partial charge is 0.493 e. The Morgan fingerprint density at radius 2 is 1.83 bits per heavy atom. The number of benzene rings is 1. The van der Waals surface area contributed by atoms with E-state index in [9.17, 15) is 4.79 Å². The number of nitrogens with two attached hydrogens (primary N) is 1. The number of carbonyl (C=O) groups is 1. The highest BCUT2D eigenvalue weighted by atomic mass is 32.1. The van der Waals surface area contributed by atoms with Gasteiger partial charge in [0.05, 0.1) is 21.3 Å². The molecule has 0 unspecified atom stereocenters. The van der Waals surface area contributed by atoms with Crippen LogP contribution in [0.25, 0.3) is 0 Å². The number of ether oxygens (including phenoxy) is 3. The number of carbonyl (C=O) groups excluding carboxylic acids is 1. The number of nitrogens with zero attached hydrogens (tertiary/aromatic N) is 2. The molecular formula is C15H20N4O4S. The summed E-state index contributed by atoms with van der Waals surface area (Å²) in [5.74, 6) is 1.11. The molecule has 0 aliphatic carbocycles. The standard InChI is InChI=1S/C15H20N4O4S/c1-21-10-7-9(8-11(22-2)13(10)23-3)14(20)17-6-4-5-12-18-19-15(16)24-12/h7-8H,4-6H2,1-3H3,(H2,16,19)(H,17,20). The van der Waals surface area contributed by atoms with Crippen molar-refractivity contribution in [2.24, 2.45) is 0 Å². The van der Waals surface area contributed by atoms with Gasteiger partial charge in [0, 0.05) is 18.5 Å². The lowest BCUT2D eigenvalue weighted by Crippen LogP contribution is -2.24. The van der Waals surface area contributed by atoms with E-state index in [1.807, 2.05) is 0 Å². The minimum absolute atomic E-state index is 0.217. The first-order valence-electron chi connectivity index (χ1n) is 7.25. The Morgan fingerprint density at radius 1 is 1.17 bits per heavy atom. The highest BCUT2D eigenvalue weighted by Gasteiger charge is 2.16. The molecule has 24 heavy (non-hydrogen) atoms. The van der Waals surface area contributed by atoms with Gasteiger partial charge in [0.15, 0.2) is 11.5 Å². The van der Waals surface area contributed by atoms with E-state index in [1.54, 1.807) is 12.1 Å². The van der Waals surface area contributed by atoms with Crippen LogP contribution in [0.15, 0.2) is 12.1 Å². The van der Waals surface area contributed by atoms with Crippen molar-refractivity contribution in [1.82, 2.24) is 15.5 Å². The number of hydrogen-bond acceptors (Lipinski definition) is 8. The van der Waals surface area contributed by atoms with Crippen LogP contribution in [0.1, 0.15) is 21.8 Å². The number of nitrogen functional groups attached to an aromatic ring is 1. The summed E-state index contributed by atoms with van der Waals surface area (Å²) < 4.78 is 15.7. The zero-order valence-corrected chi connectivity index (χ0v) is 14.6. The van der Waals surface area contributed by atoms with Gasteiger partial charge in [-0.1, -0.05) is 11.3 Å². The van der Waals surface area contributed by atoms with Crippen molar-refractivity contribution in [2.45, 2.75) is 12.8 Å². The predicted octanol–water partition coefficient (Wildman–Crippen LogP) is 1.51. The number of nitrogens with one attached hydrogen (secondary N) is 1. The van der Waals surface area contributed by atoms with Crippen LogP contribution in [-0.2, 0) is 6.42 Å². The van der Waals surface area contributed by atoms with Crippen LogP contribution in [-0.4, -0.2) is 44.0 Å². The van der Waals surface area contributed by atoms with Crippen molar-refractivity contribution in [2.75, 3.05) is 33.6 Å². The molecule has 1 aromatic carbocycles. The summed E-state index contributed by atoms with van der Waals surface area (Å²) in [4.78, 5) is 12.3. The summed E-state index contributed by atoms with van der Waals surface area (Å²) in [6, 6.07) is 3.23. The van der Waals surface area contributed by atoms with E-state index in [2.05, 4.69) is 15.5 Å². The van der Waals surface area contributed by atoms with E-state index >= 15 is 0 Å². The van der Waals surface area contributed by atoms with Crippen molar-refractivity contribution in [3.8, 4) is 17.2 Å². The smallest absolute Gasteiger partial charge is 0.251 e. The number of methoxy groups -OCH3 is 3. The first kappa shape index (κ1) is 17.8. The average Bonchev–Trinajstić information content (AvgIpc) is 3.02. The third-order valence-electron chi connectivity index (χ3n) is 3.26. The number of hydrogen-bond donors (Lipinski definition) is 2. The van der Waals surface area contributed by atoms with Gasteiger partial charge in [-0.3, -0.25) is 4.79 Å². The normalized spacial score (nSPS) is 10.3. The fourth-order valence-corrected chi connectivity index (χ4v) is 2.77. The zero-order valence-electron chi connectivity index (χ0n) is 13.8. The van der Waals surface area contributed by atoms with Gasteiger partial charge in [-0.25, -0.2) is 0 Å². The molecule has 1 heterocycles. The van der Waals surface area contributed by atoms with Crippen molar-refractivity contribution in [1.29, 1.82) is 0 Å². The molecule has 8 nitrogen and oxygen atoms in total. The van der Waals surface area contributed by atoms with E-state index < -0.39 is 0 Å². The summed E-state index contributed by atoms with van der Waals surface area (Å²) in [7, 11) is 4.53. The van der Waals surface area contributed by atoms with Crippen LogP contribution in [0, 0.1) is 0 Å². The minimum Gasteiger partial charge on any atom is -0.493 e. The third kappa shape index (κ3) is 4.25. The molecule has 2 aromatic rings. The quantitative estimate of drug-likeness (QED) is 0.693. The topological polar surface area (TPSA) is 109 Å². The maximum Gasteiger partial charge on any atom is 0.251 e. The molecule has 0 fully saturated rings. The number of rotatable bonds is 8. The molecule has 1 aromatic heterocycles. The summed E-state index contributed by atoms with van der Waals surface area (Å²) in [6.45, 7) is 0.509. The number of amides is 1. The van der Waals surface area contributed by atoms with Gasteiger partial charge in [-0.15, -0.1) is 10.2 Å². The molecule has 0 aliphatic heterocycles. The minimum atomic E-state index is -0.217. The van der Waals surface area contributed by atoms with Crippen molar-refractivity contribution in [3.05, 3.63) is 22.7 Å². The molecule has 0 saturated heterocycles. The van der Waals surface area contributed by atoms with Crippen LogP contribution in [0.3, 0.4) is 0 Å². The fraction of sp³-hybridized carbons (Fsp3) is 0.400. The molecule has 0 saturated carbocycles. The highest BCUT2D eigenvalue weighted by molar-refractivity contribution is 7.15. The third-order valence-corrected chi connectivity index (χ3v) is 4.07. The SMILES string of the molecule is COc1cc(C(=O)NCCCc2nnc(N)s2)cc(OC)c1OC. The summed E-state index contributed by atoms with van der Waals surface area (Å²) in [5, 5.41) is 11.8. The Bertz CT molecular complexity index is 680. The van der Waals surface area contributed by atoms with Gasteiger partial charge in [-0.05, 0) is 18.6 Å². The highest BCUT2D eigenvalue weighted by Crippen LogP contribution is 2.38. The molecule has 0 spiro atoms. The van der Waals surface area contributed by atoms with Crippen LogP contribution >= 0.6 is 11.3 Å². The maximum atomic E-state index is 12.3. The maximum absolute atomic E-state index is 12.3. The molecule has 130 valence electrons. The van der Waals surface area contributed by atoms with Crippen LogP contribution in [0.5, 0.6) is 17.2 Å². The summed E-state index contributed by atoms with van der Waals surface area (Å²) >= 11 is 1.35. The lowest BCUT2D eigenvalue weighted by Gasteiger charge is -2.14. The number of aromatic nitrogens is 2. The molecule has 0 radical (unpaired) electrons. The lowest BCUT2D eigenvalue weighted by molar-refractivity contribution is 0.0952. The van der Waals surface area contributed by atoms with Gasteiger partial charge < -0.3 is 25.3 Å². The summed E-state index contributed by atoms with van der Waals surface area (Å²) in [6.07, 6.45) is 1.45. The first-order valence-corrected chi connectivity index (χ1v) is 8.06. The van der Waals surface area contributed by atoms with Crippen molar-refractivity contribution in [3.63, 3.8) is 0 Å². The second kappa shape index (κ2) is 8.34. The molecule has 0 aliphatic rings. The van der Waals surface area contributed by atoms with E-state index in [-0.39, 0.29) is 5.91 Å². The monoisotopic (exact) mass is 352 g/mol. The number of aryl methyl sites for hydroxylation is 1. The Labute approximate surface area is 143 Å². The van der Waals surface area contributed by atoms with Crippen LogP contribution in [0.2, 0.25) is 0 Å². The Balaban J connectivity index is 1.96. The van der Waals surface area contributed by atoms with E-state index in [1.165, 1.54) is 32.7 Å². The molecule has 9 heteroatoms. The molecule has 0 atom stereocenters. The van der Waals surface area contributed by atoms with Crippen molar-refractivity contribution >= 4 is 22.4 Å². The van der Waals surface area contributed by atoms with Gasteiger partial charge in [0.1, 0.15) is 5.01 Å². The molecule has 0 bridgehead atoms. The van der Waals surface area contributed by atoms with E-state index in [0.29, 0.717) is 40.9 Å².